The van der Waals surface area contributed by atoms with E-state index in [1.165, 1.54) is 30.4 Å². The third kappa shape index (κ3) is 3.59. The van der Waals surface area contributed by atoms with Gasteiger partial charge in [0, 0.05) is 20.1 Å². The van der Waals surface area contributed by atoms with E-state index in [0.717, 1.165) is 24.2 Å². The molecule has 1 atom stereocenters. The number of carboxylic acid groups (broad SMARTS) is 1. The van der Waals surface area contributed by atoms with Crippen LogP contribution in [0.15, 0.2) is 29.2 Å². The average Bonchev–Trinajstić information content (AvgIpc) is 2.60. The number of piperidine rings is 1. The molecule has 1 aliphatic heterocycles. The van der Waals surface area contributed by atoms with Gasteiger partial charge in [0.1, 0.15) is 6.04 Å². The molecule has 1 aromatic rings. The molecule has 1 fully saturated rings. The molecule has 1 amide bonds. The molecule has 0 aliphatic carbocycles. The van der Waals surface area contributed by atoms with E-state index in [9.17, 15) is 18.0 Å². The Morgan fingerprint density at radius 2 is 1.75 bits per heavy atom. The van der Waals surface area contributed by atoms with Crippen LogP contribution in [0.1, 0.15) is 36.5 Å². The molecule has 24 heavy (non-hydrogen) atoms. The number of hydrogen-bond donors (Lipinski definition) is 1. The molecular weight excluding hydrogens is 332 g/mol. The number of nitrogens with zero attached hydrogens (tertiary/aromatic N) is 2. The van der Waals surface area contributed by atoms with Gasteiger partial charge in [-0.05, 0) is 31.9 Å². The number of likely N-dealkylation sites (N-methyl/N-ethyl adjacent to an activating group) is 1. The zero-order valence-electron chi connectivity index (χ0n) is 13.8. The molecule has 1 unspecified atom stereocenters. The molecule has 132 valence electrons. The molecule has 8 heteroatoms. The maximum Gasteiger partial charge on any atom is 0.326 e. The van der Waals surface area contributed by atoms with Crippen LogP contribution in [-0.2, 0) is 14.8 Å². The van der Waals surface area contributed by atoms with Crippen molar-refractivity contribution in [2.24, 2.45) is 0 Å². The van der Waals surface area contributed by atoms with Crippen molar-refractivity contribution in [2.45, 2.75) is 37.1 Å². The number of carbonyl (C=O) groups excluding carboxylic acids is 1. The van der Waals surface area contributed by atoms with Crippen molar-refractivity contribution in [3.8, 4) is 0 Å². The summed E-state index contributed by atoms with van der Waals surface area (Å²) in [6.07, 6.45) is 2.59. The van der Waals surface area contributed by atoms with Crippen LogP contribution in [-0.4, -0.2) is 60.8 Å². The number of aliphatic carboxylic acids is 1. The summed E-state index contributed by atoms with van der Waals surface area (Å²) >= 11 is 0. The highest BCUT2D eigenvalue weighted by molar-refractivity contribution is 7.89. The van der Waals surface area contributed by atoms with Crippen molar-refractivity contribution in [1.82, 2.24) is 9.21 Å². The summed E-state index contributed by atoms with van der Waals surface area (Å²) in [5, 5.41) is 9.06. The first kappa shape index (κ1) is 18.4. The molecule has 0 spiro atoms. The lowest BCUT2D eigenvalue weighted by molar-refractivity contribution is -0.141. The van der Waals surface area contributed by atoms with Crippen LogP contribution in [0.5, 0.6) is 0 Å². The number of hydrogen-bond acceptors (Lipinski definition) is 4. The van der Waals surface area contributed by atoms with Gasteiger partial charge in [0.25, 0.3) is 5.91 Å². The zero-order chi connectivity index (χ0) is 17.9. The minimum absolute atomic E-state index is 0.00123. The van der Waals surface area contributed by atoms with Gasteiger partial charge in [-0.15, -0.1) is 0 Å². The summed E-state index contributed by atoms with van der Waals surface area (Å²) in [7, 11) is -2.43. The summed E-state index contributed by atoms with van der Waals surface area (Å²) in [5.74, 6) is -1.77. The molecule has 0 aromatic heterocycles. The van der Waals surface area contributed by atoms with Crippen molar-refractivity contribution < 1.29 is 23.1 Å². The second-order valence-corrected chi connectivity index (χ2v) is 7.80. The number of carbonyl (C=O) groups is 2. The van der Waals surface area contributed by atoms with E-state index in [0.29, 0.717) is 13.1 Å². The van der Waals surface area contributed by atoms with Gasteiger partial charge >= 0.3 is 5.97 Å². The number of amides is 1. The van der Waals surface area contributed by atoms with E-state index in [-0.39, 0.29) is 10.5 Å². The van der Waals surface area contributed by atoms with E-state index in [2.05, 4.69) is 0 Å². The number of rotatable bonds is 5. The molecule has 1 saturated heterocycles. The Balaban J connectivity index is 2.40. The molecule has 7 nitrogen and oxygen atoms in total. The molecule has 0 saturated carbocycles. The van der Waals surface area contributed by atoms with Gasteiger partial charge in [0.05, 0.1) is 10.5 Å². The van der Waals surface area contributed by atoms with E-state index in [4.69, 9.17) is 5.11 Å². The topological polar surface area (TPSA) is 95.0 Å². The van der Waals surface area contributed by atoms with Crippen molar-refractivity contribution in [3.05, 3.63) is 29.8 Å². The lowest BCUT2D eigenvalue weighted by Gasteiger charge is -2.28. The maximum absolute atomic E-state index is 12.9. The average molecular weight is 354 g/mol. The molecule has 1 N–H and O–H groups in total. The fraction of sp³-hybridized carbons (Fsp3) is 0.500. The smallest absolute Gasteiger partial charge is 0.326 e. The second-order valence-electron chi connectivity index (χ2n) is 5.89. The summed E-state index contributed by atoms with van der Waals surface area (Å²) in [5.41, 5.74) is -0.00123. The SMILES string of the molecule is CC(C(=O)O)N(C)C(=O)c1ccccc1S(=O)(=O)N1CCCCC1. The molecule has 1 aliphatic rings. The summed E-state index contributed by atoms with van der Waals surface area (Å²) < 4.78 is 27.1. The molecule has 2 rings (SSSR count). The van der Waals surface area contributed by atoms with Gasteiger partial charge in [-0.25, -0.2) is 13.2 Å². The van der Waals surface area contributed by atoms with Crippen molar-refractivity contribution >= 4 is 21.9 Å². The predicted molar refractivity (Wildman–Crippen MR) is 88.2 cm³/mol. The van der Waals surface area contributed by atoms with Crippen LogP contribution in [0.4, 0.5) is 0 Å². The third-order valence-electron chi connectivity index (χ3n) is 4.31. The second kappa shape index (κ2) is 7.31. The van der Waals surface area contributed by atoms with Gasteiger partial charge in [0.15, 0.2) is 0 Å². The Morgan fingerprint density at radius 1 is 1.17 bits per heavy atom. The first-order chi connectivity index (χ1) is 11.3. The molecule has 1 heterocycles. The minimum atomic E-state index is -3.78. The van der Waals surface area contributed by atoms with Crippen molar-refractivity contribution in [1.29, 1.82) is 0 Å². The third-order valence-corrected chi connectivity index (χ3v) is 6.27. The van der Waals surface area contributed by atoms with Crippen LogP contribution in [0.2, 0.25) is 0 Å². The van der Waals surface area contributed by atoms with E-state index in [1.54, 1.807) is 12.1 Å². The number of sulfonamides is 1. The van der Waals surface area contributed by atoms with Gasteiger partial charge in [-0.3, -0.25) is 4.79 Å². The largest absolute Gasteiger partial charge is 0.480 e. The molecule has 0 bridgehead atoms. The fourth-order valence-corrected chi connectivity index (χ4v) is 4.35. The number of benzene rings is 1. The van der Waals surface area contributed by atoms with E-state index in [1.807, 2.05) is 0 Å². The lowest BCUT2D eigenvalue weighted by Crippen LogP contribution is -2.41. The highest BCUT2D eigenvalue weighted by Gasteiger charge is 2.32. The van der Waals surface area contributed by atoms with Crippen molar-refractivity contribution in [2.75, 3.05) is 20.1 Å². The predicted octanol–water partition coefficient (Wildman–Crippen LogP) is 1.41. The first-order valence-electron chi connectivity index (χ1n) is 7.86. The lowest BCUT2D eigenvalue weighted by atomic mass is 10.1. The van der Waals surface area contributed by atoms with Crippen LogP contribution in [0.25, 0.3) is 0 Å². The minimum Gasteiger partial charge on any atom is -0.480 e. The van der Waals surface area contributed by atoms with E-state index < -0.39 is 27.9 Å². The first-order valence-corrected chi connectivity index (χ1v) is 9.30. The summed E-state index contributed by atoms with van der Waals surface area (Å²) in [4.78, 5) is 24.7. The quantitative estimate of drug-likeness (QED) is 0.862. The highest BCUT2D eigenvalue weighted by atomic mass is 32.2. The molecule has 1 aromatic carbocycles. The van der Waals surface area contributed by atoms with Crippen molar-refractivity contribution in [3.63, 3.8) is 0 Å². The Labute approximate surface area is 141 Å². The normalized spacial score (nSPS) is 17.2. The van der Waals surface area contributed by atoms with Gasteiger partial charge in [0.2, 0.25) is 10.0 Å². The number of carboxylic acids is 1. The van der Waals surface area contributed by atoms with Gasteiger partial charge < -0.3 is 10.0 Å². The Bertz CT molecular complexity index is 726. The molecule has 0 radical (unpaired) electrons. The fourth-order valence-electron chi connectivity index (χ4n) is 2.64. The maximum atomic E-state index is 12.9. The van der Waals surface area contributed by atoms with Crippen LogP contribution in [0, 0.1) is 0 Å². The van der Waals surface area contributed by atoms with Crippen LogP contribution < -0.4 is 0 Å². The zero-order valence-corrected chi connectivity index (χ0v) is 14.6. The molecular formula is C16H22N2O5S. The van der Waals surface area contributed by atoms with Gasteiger partial charge in [-0.1, -0.05) is 18.6 Å². The van der Waals surface area contributed by atoms with Crippen LogP contribution >= 0.6 is 0 Å². The Hall–Kier alpha value is -1.93. The Morgan fingerprint density at radius 3 is 2.33 bits per heavy atom. The summed E-state index contributed by atoms with van der Waals surface area (Å²) in [6, 6.07) is 4.90. The van der Waals surface area contributed by atoms with E-state index >= 15 is 0 Å². The Kier molecular flexibility index (Phi) is 5.61. The highest BCUT2D eigenvalue weighted by Crippen LogP contribution is 2.24. The summed E-state index contributed by atoms with van der Waals surface area (Å²) in [6.45, 7) is 2.25. The van der Waals surface area contributed by atoms with Gasteiger partial charge in [-0.2, -0.15) is 4.31 Å². The standard InChI is InChI=1S/C16H22N2O5S/c1-12(16(20)21)17(2)15(19)13-8-4-5-9-14(13)24(22,23)18-10-6-3-7-11-18/h4-5,8-9,12H,3,6-7,10-11H2,1-2H3,(H,20,21). The monoisotopic (exact) mass is 354 g/mol. The van der Waals surface area contributed by atoms with Crippen LogP contribution in [0.3, 0.4) is 0 Å².